The summed E-state index contributed by atoms with van der Waals surface area (Å²) in [6.45, 7) is 1.14. The van der Waals surface area contributed by atoms with E-state index in [0.717, 1.165) is 5.56 Å². The van der Waals surface area contributed by atoms with E-state index >= 15 is 0 Å². The number of nitrogens with zero attached hydrogens (tertiary/aromatic N) is 4. The van der Waals surface area contributed by atoms with Crippen LogP contribution < -0.4 is 24.3 Å². The summed E-state index contributed by atoms with van der Waals surface area (Å²) in [6.07, 6.45) is 1.00. The van der Waals surface area contributed by atoms with Gasteiger partial charge in [-0.05, 0) is 37.9 Å². The van der Waals surface area contributed by atoms with Gasteiger partial charge >= 0.3 is 6.09 Å². The molecule has 0 saturated heterocycles. The van der Waals surface area contributed by atoms with Gasteiger partial charge in [-0.2, -0.15) is 0 Å². The molecule has 0 spiro atoms. The first-order chi connectivity index (χ1) is 15.4. The van der Waals surface area contributed by atoms with Crippen molar-refractivity contribution < 1.29 is 28.5 Å². The van der Waals surface area contributed by atoms with Gasteiger partial charge in [0.15, 0.2) is 23.0 Å². The van der Waals surface area contributed by atoms with Crippen LogP contribution in [-0.2, 0) is 11.3 Å². The van der Waals surface area contributed by atoms with Gasteiger partial charge < -0.3 is 28.6 Å². The molecule has 1 N–H and O–H groups in total. The molecule has 0 saturated carbocycles. The van der Waals surface area contributed by atoms with Gasteiger partial charge in [-0.15, -0.1) is 5.10 Å². The average molecular weight is 445 g/mol. The number of nitrogens with one attached hydrogen (secondary N) is 1. The molecule has 0 bridgehead atoms. The number of ether oxygens (including phenoxy) is 5. The van der Waals surface area contributed by atoms with Gasteiger partial charge in [-0.1, -0.05) is 0 Å². The maximum Gasteiger partial charge on any atom is 0.412 e. The van der Waals surface area contributed by atoms with Crippen molar-refractivity contribution in [3.8, 4) is 23.1 Å². The lowest BCUT2D eigenvalue weighted by molar-refractivity contribution is 0.151. The molecule has 0 fully saturated rings. The Balaban J connectivity index is 1.66. The first-order valence-corrected chi connectivity index (χ1v) is 9.80. The Bertz CT molecular complexity index is 1040. The van der Waals surface area contributed by atoms with Gasteiger partial charge in [0.25, 0.3) is 0 Å². The normalized spacial score (nSPS) is 10.8. The number of fused-ring (bicyclic) bond motifs is 1. The van der Waals surface area contributed by atoms with E-state index in [1.807, 2.05) is 19.0 Å². The quantitative estimate of drug-likeness (QED) is 0.503. The second-order valence-electron chi connectivity index (χ2n) is 6.99. The van der Waals surface area contributed by atoms with E-state index in [1.54, 1.807) is 51.8 Å². The number of carbonyl (C=O) groups is 1. The number of hydrogen-bond donors (Lipinski definition) is 1. The van der Waals surface area contributed by atoms with E-state index in [9.17, 15) is 4.79 Å². The zero-order valence-electron chi connectivity index (χ0n) is 18.7. The lowest BCUT2D eigenvalue weighted by Gasteiger charge is -2.14. The Morgan fingerprint density at radius 2 is 1.81 bits per heavy atom. The molecule has 172 valence electrons. The Labute approximate surface area is 185 Å². The molecule has 1 aromatic carbocycles. The molecule has 1 amide bonds. The van der Waals surface area contributed by atoms with Crippen LogP contribution in [0.5, 0.6) is 23.1 Å². The summed E-state index contributed by atoms with van der Waals surface area (Å²) in [7, 11) is 8.46. The molecule has 0 unspecified atom stereocenters. The van der Waals surface area contributed by atoms with Crippen LogP contribution in [0.2, 0.25) is 0 Å². The molecule has 3 aromatic rings. The van der Waals surface area contributed by atoms with Crippen LogP contribution in [0.15, 0.2) is 30.5 Å². The number of carbonyl (C=O) groups excluding carboxylic acids is 1. The van der Waals surface area contributed by atoms with E-state index in [4.69, 9.17) is 23.7 Å². The van der Waals surface area contributed by atoms with Crippen molar-refractivity contribution in [2.24, 2.45) is 0 Å². The summed E-state index contributed by atoms with van der Waals surface area (Å²) in [6, 6.07) is 7.04. The SMILES string of the molecule is COc1cc(COc2ccc3nc(NC(=O)OCCN(C)C)cn3n2)cc(OC)c1OC. The van der Waals surface area contributed by atoms with E-state index in [1.165, 1.54) is 4.52 Å². The Morgan fingerprint density at radius 3 is 2.44 bits per heavy atom. The first kappa shape index (κ1) is 22.9. The van der Waals surface area contributed by atoms with Crippen molar-refractivity contribution in [2.75, 3.05) is 53.9 Å². The second-order valence-corrected chi connectivity index (χ2v) is 6.99. The summed E-state index contributed by atoms with van der Waals surface area (Å²) in [5.74, 6) is 2.29. The number of aromatic nitrogens is 3. The van der Waals surface area contributed by atoms with Gasteiger partial charge in [-0.3, -0.25) is 5.32 Å². The predicted molar refractivity (Wildman–Crippen MR) is 117 cm³/mol. The smallest absolute Gasteiger partial charge is 0.412 e. The topological polar surface area (TPSA) is 109 Å². The molecule has 11 nitrogen and oxygen atoms in total. The van der Waals surface area contributed by atoms with Crippen LogP contribution in [0.3, 0.4) is 0 Å². The number of amides is 1. The summed E-state index contributed by atoms with van der Waals surface area (Å²) < 4.78 is 28.5. The molecular weight excluding hydrogens is 418 g/mol. The van der Waals surface area contributed by atoms with Crippen molar-refractivity contribution in [3.05, 3.63) is 36.0 Å². The first-order valence-electron chi connectivity index (χ1n) is 9.80. The summed E-state index contributed by atoms with van der Waals surface area (Å²) in [5.41, 5.74) is 1.36. The third-order valence-corrected chi connectivity index (χ3v) is 4.41. The van der Waals surface area contributed by atoms with Crippen LogP contribution in [0.25, 0.3) is 5.65 Å². The van der Waals surface area contributed by atoms with E-state index < -0.39 is 6.09 Å². The highest BCUT2D eigenvalue weighted by atomic mass is 16.5. The summed E-state index contributed by atoms with van der Waals surface area (Å²) >= 11 is 0. The Kier molecular flexibility index (Phi) is 7.55. The Hall–Kier alpha value is -3.73. The van der Waals surface area contributed by atoms with Gasteiger partial charge in [-0.25, -0.2) is 14.3 Å². The minimum atomic E-state index is -0.575. The fraction of sp³-hybridized carbons (Fsp3) is 0.381. The van der Waals surface area contributed by atoms with E-state index in [0.29, 0.717) is 41.1 Å². The van der Waals surface area contributed by atoms with Crippen molar-refractivity contribution >= 4 is 17.6 Å². The number of hydrogen-bond acceptors (Lipinski definition) is 9. The molecule has 0 aliphatic carbocycles. The van der Waals surface area contributed by atoms with Crippen LogP contribution in [-0.4, -0.2) is 74.2 Å². The van der Waals surface area contributed by atoms with Crippen LogP contribution in [0.4, 0.5) is 10.6 Å². The number of imidazole rings is 1. The molecule has 0 aliphatic rings. The third-order valence-electron chi connectivity index (χ3n) is 4.41. The van der Waals surface area contributed by atoms with Crippen LogP contribution in [0, 0.1) is 0 Å². The number of methoxy groups -OCH3 is 3. The zero-order valence-corrected chi connectivity index (χ0v) is 18.7. The van der Waals surface area contributed by atoms with Crippen molar-refractivity contribution in [2.45, 2.75) is 6.61 Å². The second kappa shape index (κ2) is 10.5. The predicted octanol–water partition coefficient (Wildman–Crippen LogP) is 2.44. The molecular formula is C21H27N5O6. The maximum atomic E-state index is 11.9. The fourth-order valence-electron chi connectivity index (χ4n) is 2.84. The fourth-order valence-corrected chi connectivity index (χ4v) is 2.84. The molecule has 0 atom stereocenters. The van der Waals surface area contributed by atoms with Crippen molar-refractivity contribution in [1.82, 2.24) is 19.5 Å². The molecule has 3 rings (SSSR count). The highest BCUT2D eigenvalue weighted by molar-refractivity contribution is 5.83. The number of likely N-dealkylation sites (N-methyl/N-ethyl adjacent to an activating group) is 1. The number of benzene rings is 1. The number of anilines is 1. The molecule has 2 aromatic heterocycles. The van der Waals surface area contributed by atoms with Gasteiger partial charge in [0.1, 0.15) is 13.2 Å². The largest absolute Gasteiger partial charge is 0.493 e. The minimum absolute atomic E-state index is 0.229. The van der Waals surface area contributed by atoms with Gasteiger partial charge in [0, 0.05) is 12.6 Å². The molecule has 0 radical (unpaired) electrons. The molecule has 0 aliphatic heterocycles. The highest BCUT2D eigenvalue weighted by Crippen LogP contribution is 2.38. The van der Waals surface area contributed by atoms with Gasteiger partial charge in [0.2, 0.25) is 11.6 Å². The lowest BCUT2D eigenvalue weighted by atomic mass is 10.2. The minimum Gasteiger partial charge on any atom is -0.493 e. The number of rotatable bonds is 10. The average Bonchev–Trinajstić information content (AvgIpc) is 3.17. The van der Waals surface area contributed by atoms with Crippen molar-refractivity contribution in [1.29, 1.82) is 0 Å². The Morgan fingerprint density at radius 1 is 1.09 bits per heavy atom. The van der Waals surface area contributed by atoms with E-state index in [-0.39, 0.29) is 13.2 Å². The highest BCUT2D eigenvalue weighted by Gasteiger charge is 2.14. The van der Waals surface area contributed by atoms with Gasteiger partial charge in [0.05, 0.1) is 27.5 Å². The standard InChI is InChI=1S/C21H27N5O6/c1-25(2)8-9-31-21(27)23-17-12-26-18(22-17)6-7-19(24-26)32-13-14-10-15(28-3)20(30-5)16(11-14)29-4/h6-7,10-12H,8-9,13H2,1-5H3,(H,23,27). The summed E-state index contributed by atoms with van der Waals surface area (Å²) in [4.78, 5) is 18.1. The molecule has 2 heterocycles. The molecule has 11 heteroatoms. The van der Waals surface area contributed by atoms with Crippen LogP contribution >= 0.6 is 0 Å². The lowest BCUT2D eigenvalue weighted by Crippen LogP contribution is -2.22. The zero-order chi connectivity index (χ0) is 23.1. The maximum absolute atomic E-state index is 11.9. The van der Waals surface area contributed by atoms with Crippen LogP contribution in [0.1, 0.15) is 5.56 Å². The monoisotopic (exact) mass is 445 g/mol. The third kappa shape index (κ3) is 5.70. The molecule has 32 heavy (non-hydrogen) atoms. The summed E-state index contributed by atoms with van der Waals surface area (Å²) in [5, 5.41) is 6.95. The van der Waals surface area contributed by atoms with E-state index in [2.05, 4.69) is 15.4 Å². The van der Waals surface area contributed by atoms with Crippen molar-refractivity contribution in [3.63, 3.8) is 0 Å².